The lowest BCUT2D eigenvalue weighted by molar-refractivity contribution is 0.415. The van der Waals surface area contributed by atoms with Gasteiger partial charge in [0.2, 0.25) is 0 Å². The van der Waals surface area contributed by atoms with Crippen molar-refractivity contribution >= 4 is 50.5 Å². The van der Waals surface area contributed by atoms with Crippen molar-refractivity contribution < 1.29 is 4.74 Å². The van der Waals surface area contributed by atoms with Gasteiger partial charge in [-0.25, -0.2) is 0 Å². The van der Waals surface area contributed by atoms with E-state index in [-0.39, 0.29) is 6.04 Å². The van der Waals surface area contributed by atoms with Gasteiger partial charge in [-0.05, 0) is 65.7 Å². The largest absolute Gasteiger partial charge is 0.497 e. The highest BCUT2D eigenvalue weighted by Gasteiger charge is 2.31. The molecule has 6 heteroatoms. The van der Waals surface area contributed by atoms with Crippen molar-refractivity contribution in [2.24, 2.45) is 5.10 Å². The van der Waals surface area contributed by atoms with E-state index >= 15 is 0 Å². The third-order valence-corrected chi connectivity index (χ3v) is 5.83. The number of hydrogen-bond donors (Lipinski definition) is 0. The van der Waals surface area contributed by atoms with Crippen LogP contribution in [0.2, 0.25) is 10.0 Å². The maximum atomic E-state index is 6.49. The number of rotatable bonds is 4. The summed E-state index contributed by atoms with van der Waals surface area (Å²) in [5.41, 5.74) is 4.01. The number of ether oxygens (including phenoxy) is 1. The van der Waals surface area contributed by atoms with Crippen LogP contribution in [-0.2, 0) is 0 Å². The second-order valence-electron chi connectivity index (χ2n) is 6.49. The lowest BCUT2D eigenvalue weighted by atomic mass is 9.98. The Morgan fingerprint density at radius 1 is 1.00 bits per heavy atom. The predicted molar refractivity (Wildman–Crippen MR) is 120 cm³/mol. The van der Waals surface area contributed by atoms with Gasteiger partial charge in [0.25, 0.3) is 0 Å². The van der Waals surface area contributed by atoms with Gasteiger partial charge < -0.3 is 4.74 Å². The molecule has 0 N–H and O–H groups in total. The summed E-state index contributed by atoms with van der Waals surface area (Å²) in [6, 6.07) is 21.7. The number of benzene rings is 3. The van der Waals surface area contributed by atoms with Crippen molar-refractivity contribution in [2.45, 2.75) is 12.5 Å². The average molecular weight is 476 g/mol. The van der Waals surface area contributed by atoms with Gasteiger partial charge in [0.15, 0.2) is 0 Å². The molecule has 142 valence electrons. The molecule has 1 unspecified atom stereocenters. The first kappa shape index (κ1) is 19.3. The number of methoxy groups -OCH3 is 1. The molecule has 0 amide bonds. The highest BCUT2D eigenvalue weighted by Crippen LogP contribution is 2.41. The monoisotopic (exact) mass is 474 g/mol. The SMILES string of the molecule is COc1ccc(C2=NN(c3cc(Cl)ccc3Cl)C(c3ccc(Br)cc3)C2)cc1. The molecule has 0 saturated heterocycles. The van der Waals surface area contributed by atoms with Crippen molar-refractivity contribution in [2.75, 3.05) is 12.1 Å². The number of hydrazone groups is 1. The normalized spacial score (nSPS) is 16.2. The van der Waals surface area contributed by atoms with E-state index in [9.17, 15) is 0 Å². The minimum Gasteiger partial charge on any atom is -0.497 e. The third kappa shape index (κ3) is 3.90. The third-order valence-electron chi connectivity index (χ3n) is 4.74. The Bertz CT molecular complexity index is 1020. The van der Waals surface area contributed by atoms with Crippen LogP contribution in [0.1, 0.15) is 23.6 Å². The highest BCUT2D eigenvalue weighted by molar-refractivity contribution is 9.10. The van der Waals surface area contributed by atoms with Crippen LogP contribution in [0.5, 0.6) is 5.75 Å². The summed E-state index contributed by atoms with van der Waals surface area (Å²) in [5.74, 6) is 0.821. The zero-order valence-electron chi connectivity index (χ0n) is 15.1. The molecule has 4 rings (SSSR count). The van der Waals surface area contributed by atoms with E-state index in [0.717, 1.165) is 39.2 Å². The fourth-order valence-electron chi connectivity index (χ4n) is 3.30. The fraction of sp³-hybridized carbons (Fsp3) is 0.136. The molecule has 0 radical (unpaired) electrons. The molecule has 1 atom stereocenters. The van der Waals surface area contributed by atoms with Crippen molar-refractivity contribution in [3.63, 3.8) is 0 Å². The van der Waals surface area contributed by atoms with Crippen molar-refractivity contribution in [1.29, 1.82) is 0 Å². The van der Waals surface area contributed by atoms with E-state index in [0.29, 0.717) is 10.0 Å². The van der Waals surface area contributed by atoms with E-state index in [1.807, 2.05) is 47.5 Å². The zero-order chi connectivity index (χ0) is 19.7. The lowest BCUT2D eigenvalue weighted by Gasteiger charge is -2.25. The van der Waals surface area contributed by atoms with Crippen LogP contribution >= 0.6 is 39.1 Å². The summed E-state index contributed by atoms with van der Waals surface area (Å²) < 4.78 is 6.31. The van der Waals surface area contributed by atoms with E-state index < -0.39 is 0 Å². The van der Waals surface area contributed by atoms with E-state index in [4.69, 9.17) is 33.0 Å². The summed E-state index contributed by atoms with van der Waals surface area (Å²) in [4.78, 5) is 0. The van der Waals surface area contributed by atoms with Gasteiger partial charge in [-0.15, -0.1) is 0 Å². The molecular formula is C22H17BrCl2N2O. The molecule has 0 spiro atoms. The minimum atomic E-state index is 0.0289. The molecule has 3 nitrogen and oxygen atoms in total. The maximum absolute atomic E-state index is 6.49. The Morgan fingerprint density at radius 3 is 2.39 bits per heavy atom. The molecular weight excluding hydrogens is 459 g/mol. The van der Waals surface area contributed by atoms with Gasteiger partial charge in [0.1, 0.15) is 5.75 Å². The lowest BCUT2D eigenvalue weighted by Crippen LogP contribution is -2.18. The Hall–Kier alpha value is -2.01. The number of nitrogens with zero attached hydrogens (tertiary/aromatic N) is 2. The van der Waals surface area contributed by atoms with E-state index in [2.05, 4.69) is 28.1 Å². The number of anilines is 1. The summed E-state index contributed by atoms with van der Waals surface area (Å²) in [5, 5.41) is 8.13. The van der Waals surface area contributed by atoms with Crippen LogP contribution in [0.3, 0.4) is 0 Å². The summed E-state index contributed by atoms with van der Waals surface area (Å²) in [6.07, 6.45) is 0.761. The van der Waals surface area contributed by atoms with Crippen molar-refractivity contribution in [3.8, 4) is 5.75 Å². The smallest absolute Gasteiger partial charge is 0.118 e. The first-order valence-corrected chi connectivity index (χ1v) is 10.3. The van der Waals surface area contributed by atoms with Crippen LogP contribution in [0.15, 0.2) is 76.3 Å². The number of halogens is 3. The second-order valence-corrected chi connectivity index (χ2v) is 8.25. The Labute approximate surface area is 182 Å². The molecule has 28 heavy (non-hydrogen) atoms. The number of hydrogen-bond acceptors (Lipinski definition) is 3. The molecule has 3 aromatic rings. The first-order valence-electron chi connectivity index (χ1n) is 8.77. The van der Waals surface area contributed by atoms with Crippen LogP contribution in [-0.4, -0.2) is 12.8 Å². The molecule has 1 aliphatic rings. The first-order chi connectivity index (χ1) is 13.5. The van der Waals surface area contributed by atoms with Crippen molar-refractivity contribution in [1.82, 2.24) is 0 Å². The molecule has 0 aromatic heterocycles. The molecule has 0 saturated carbocycles. The highest BCUT2D eigenvalue weighted by atomic mass is 79.9. The van der Waals surface area contributed by atoms with Crippen LogP contribution < -0.4 is 9.75 Å². The molecule has 0 fully saturated rings. The Balaban J connectivity index is 1.77. The Kier molecular flexibility index (Phi) is 5.63. The second kappa shape index (κ2) is 8.16. The molecule has 3 aromatic carbocycles. The summed E-state index contributed by atoms with van der Waals surface area (Å²) >= 11 is 16.2. The van der Waals surface area contributed by atoms with Gasteiger partial charge in [0.05, 0.1) is 29.6 Å². The Morgan fingerprint density at radius 2 is 1.71 bits per heavy atom. The van der Waals surface area contributed by atoms with E-state index in [1.54, 1.807) is 19.2 Å². The van der Waals surface area contributed by atoms with Crippen LogP contribution in [0, 0.1) is 0 Å². The van der Waals surface area contributed by atoms with Crippen LogP contribution in [0.4, 0.5) is 5.69 Å². The molecule has 0 bridgehead atoms. The van der Waals surface area contributed by atoms with Crippen LogP contribution in [0.25, 0.3) is 0 Å². The standard InChI is InChI=1S/C22H17BrCl2N2O/c1-28-18-9-4-14(5-10-18)20-13-21(15-2-6-16(23)7-3-15)27(26-20)22-12-17(24)8-11-19(22)25/h2-12,21H,13H2,1H3. The molecule has 1 aliphatic heterocycles. The van der Waals surface area contributed by atoms with Gasteiger partial charge in [-0.3, -0.25) is 5.01 Å². The molecule has 1 heterocycles. The maximum Gasteiger partial charge on any atom is 0.118 e. The van der Waals surface area contributed by atoms with Gasteiger partial charge in [0, 0.05) is 15.9 Å². The van der Waals surface area contributed by atoms with Gasteiger partial charge in [-0.2, -0.15) is 5.10 Å². The molecule has 0 aliphatic carbocycles. The quantitative estimate of drug-likeness (QED) is 0.401. The van der Waals surface area contributed by atoms with Crippen molar-refractivity contribution in [3.05, 3.63) is 92.4 Å². The average Bonchev–Trinajstić information content (AvgIpc) is 3.15. The van der Waals surface area contributed by atoms with Gasteiger partial charge in [-0.1, -0.05) is 51.3 Å². The van der Waals surface area contributed by atoms with Gasteiger partial charge >= 0.3 is 0 Å². The topological polar surface area (TPSA) is 24.8 Å². The minimum absolute atomic E-state index is 0.0289. The zero-order valence-corrected chi connectivity index (χ0v) is 18.2. The predicted octanol–water partition coefficient (Wildman–Crippen LogP) is 7.12. The summed E-state index contributed by atoms with van der Waals surface area (Å²) in [6.45, 7) is 0. The summed E-state index contributed by atoms with van der Waals surface area (Å²) in [7, 11) is 1.66. The van der Waals surface area contributed by atoms with E-state index in [1.165, 1.54) is 0 Å². The fourth-order valence-corrected chi connectivity index (χ4v) is 3.93.